The van der Waals surface area contributed by atoms with Crippen molar-refractivity contribution in [3.63, 3.8) is 0 Å². The summed E-state index contributed by atoms with van der Waals surface area (Å²) < 4.78 is 5.42. The summed E-state index contributed by atoms with van der Waals surface area (Å²) in [5.74, 6) is 0.584. The fraction of sp³-hybridized carbons (Fsp3) is 0.467. The minimum absolute atomic E-state index is 0. The maximum absolute atomic E-state index is 12.2. The van der Waals surface area contributed by atoms with Gasteiger partial charge in [0.25, 0.3) is 0 Å². The summed E-state index contributed by atoms with van der Waals surface area (Å²) in [5.41, 5.74) is 6.27. The number of nitrogens with zero attached hydrogens (tertiary/aromatic N) is 2. The number of rotatable bonds is 6. The molecule has 0 fully saturated rings. The van der Waals surface area contributed by atoms with Crippen molar-refractivity contribution in [3.05, 3.63) is 29.5 Å². The second-order valence-corrected chi connectivity index (χ2v) is 6.86. The Kier molecular flexibility index (Phi) is 8.84. The van der Waals surface area contributed by atoms with Gasteiger partial charge >= 0.3 is 0 Å². The third-order valence-corrected chi connectivity index (χ3v) is 4.12. The van der Waals surface area contributed by atoms with Crippen LogP contribution in [-0.2, 0) is 11.2 Å². The molecule has 0 atom stereocenters. The van der Waals surface area contributed by atoms with Crippen LogP contribution in [0.4, 0.5) is 0 Å². The smallest absolute Gasteiger partial charge is 0.236 e. The summed E-state index contributed by atoms with van der Waals surface area (Å²) in [5, 5.41) is 1.97. The van der Waals surface area contributed by atoms with E-state index in [1.165, 1.54) is 0 Å². The number of thiophene rings is 1. The van der Waals surface area contributed by atoms with Crippen LogP contribution in [0, 0.1) is 5.41 Å². The molecular weight excluding hydrogens is 357 g/mol. The average molecular weight is 380 g/mol. The van der Waals surface area contributed by atoms with Gasteiger partial charge in [-0.1, -0.05) is 19.9 Å². The third kappa shape index (κ3) is 6.14. The van der Waals surface area contributed by atoms with Crippen molar-refractivity contribution in [3.8, 4) is 10.8 Å². The van der Waals surface area contributed by atoms with Gasteiger partial charge in [0, 0.05) is 13.6 Å². The lowest BCUT2D eigenvalue weighted by molar-refractivity contribution is -0.130. The quantitative estimate of drug-likeness (QED) is 0.835. The summed E-state index contributed by atoms with van der Waals surface area (Å²) in [7, 11) is 1.79. The largest absolute Gasteiger partial charge is 0.444 e. The van der Waals surface area contributed by atoms with Crippen molar-refractivity contribution < 1.29 is 9.21 Å². The van der Waals surface area contributed by atoms with Crippen molar-refractivity contribution in [1.82, 2.24) is 9.88 Å². The van der Waals surface area contributed by atoms with Gasteiger partial charge in [0.2, 0.25) is 11.8 Å². The highest BCUT2D eigenvalue weighted by Gasteiger charge is 2.22. The van der Waals surface area contributed by atoms with E-state index in [1.54, 1.807) is 29.5 Å². The van der Waals surface area contributed by atoms with Crippen LogP contribution < -0.4 is 5.73 Å². The SMILES string of the molecule is CN(CC(C)(C)CN)C(=O)Cc1coc(-c2cccs2)n1.Cl.Cl. The number of hydrogen-bond donors (Lipinski definition) is 1. The Morgan fingerprint density at radius 1 is 1.43 bits per heavy atom. The molecule has 0 saturated carbocycles. The number of amides is 1. The van der Waals surface area contributed by atoms with E-state index >= 15 is 0 Å². The van der Waals surface area contributed by atoms with E-state index in [0.717, 1.165) is 4.88 Å². The zero-order valence-corrected chi connectivity index (χ0v) is 15.9. The lowest BCUT2D eigenvalue weighted by Crippen LogP contribution is -2.40. The number of hydrogen-bond acceptors (Lipinski definition) is 5. The molecule has 2 rings (SSSR count). The molecule has 0 bridgehead atoms. The molecule has 0 aliphatic heterocycles. The van der Waals surface area contributed by atoms with E-state index < -0.39 is 0 Å². The minimum Gasteiger partial charge on any atom is -0.444 e. The van der Waals surface area contributed by atoms with Gasteiger partial charge in [-0.05, 0) is 23.4 Å². The number of aromatic nitrogens is 1. The Hall–Kier alpha value is -1.08. The van der Waals surface area contributed by atoms with Crippen LogP contribution in [-0.4, -0.2) is 35.9 Å². The van der Waals surface area contributed by atoms with Crippen LogP contribution in [0.1, 0.15) is 19.5 Å². The van der Waals surface area contributed by atoms with E-state index in [9.17, 15) is 4.79 Å². The Morgan fingerprint density at radius 3 is 2.70 bits per heavy atom. The first kappa shape index (κ1) is 21.9. The van der Waals surface area contributed by atoms with E-state index in [1.807, 2.05) is 31.4 Å². The van der Waals surface area contributed by atoms with Gasteiger partial charge in [0.1, 0.15) is 6.26 Å². The van der Waals surface area contributed by atoms with Gasteiger partial charge in [0.05, 0.1) is 17.0 Å². The second-order valence-electron chi connectivity index (χ2n) is 5.92. The van der Waals surface area contributed by atoms with Crippen LogP contribution in [0.3, 0.4) is 0 Å². The summed E-state index contributed by atoms with van der Waals surface area (Å²) in [4.78, 5) is 19.2. The highest BCUT2D eigenvalue weighted by atomic mass is 35.5. The van der Waals surface area contributed by atoms with Crippen LogP contribution in [0.2, 0.25) is 0 Å². The zero-order valence-electron chi connectivity index (χ0n) is 13.4. The topological polar surface area (TPSA) is 72.4 Å². The van der Waals surface area contributed by atoms with Crippen molar-refractivity contribution in [1.29, 1.82) is 0 Å². The maximum Gasteiger partial charge on any atom is 0.236 e. The highest BCUT2D eigenvalue weighted by Crippen LogP contribution is 2.24. The van der Waals surface area contributed by atoms with E-state index in [-0.39, 0.29) is 42.6 Å². The number of halogens is 2. The van der Waals surface area contributed by atoms with Gasteiger partial charge in [-0.15, -0.1) is 36.2 Å². The van der Waals surface area contributed by atoms with Gasteiger partial charge < -0.3 is 15.1 Å². The molecule has 0 aliphatic rings. The first-order chi connectivity index (χ1) is 9.91. The van der Waals surface area contributed by atoms with Gasteiger partial charge in [-0.3, -0.25) is 4.79 Å². The molecular formula is C15H23Cl2N3O2S. The predicted octanol–water partition coefficient (Wildman–Crippen LogP) is 3.23. The van der Waals surface area contributed by atoms with E-state index in [0.29, 0.717) is 24.7 Å². The van der Waals surface area contributed by atoms with Gasteiger partial charge in [0.15, 0.2) is 0 Å². The van der Waals surface area contributed by atoms with Crippen molar-refractivity contribution in [2.45, 2.75) is 20.3 Å². The fourth-order valence-corrected chi connectivity index (χ4v) is 2.64. The highest BCUT2D eigenvalue weighted by molar-refractivity contribution is 7.13. The molecule has 2 aromatic rings. The third-order valence-electron chi connectivity index (χ3n) is 3.26. The monoisotopic (exact) mass is 379 g/mol. The molecule has 23 heavy (non-hydrogen) atoms. The molecule has 130 valence electrons. The number of nitrogens with two attached hydrogens (primary N) is 1. The van der Waals surface area contributed by atoms with Crippen LogP contribution in [0.25, 0.3) is 10.8 Å². The number of likely N-dealkylation sites (N-methyl/N-ethyl adjacent to an activating group) is 1. The number of carbonyl (C=O) groups excluding carboxylic acids is 1. The van der Waals surface area contributed by atoms with E-state index in [2.05, 4.69) is 4.98 Å². The normalized spacial score (nSPS) is 10.6. The first-order valence-electron chi connectivity index (χ1n) is 6.83. The molecule has 0 radical (unpaired) electrons. The molecule has 5 nitrogen and oxygen atoms in total. The minimum atomic E-state index is -0.0869. The average Bonchev–Trinajstić information content (AvgIpc) is 3.08. The lowest BCUT2D eigenvalue weighted by Gasteiger charge is -2.28. The van der Waals surface area contributed by atoms with Crippen molar-refractivity contribution in [2.24, 2.45) is 11.1 Å². The van der Waals surface area contributed by atoms with Crippen LogP contribution in [0.15, 0.2) is 28.2 Å². The van der Waals surface area contributed by atoms with Gasteiger partial charge in [-0.25, -0.2) is 4.98 Å². The standard InChI is InChI=1S/C15H21N3O2S.2ClH/c1-15(2,9-16)10-18(3)13(19)7-11-8-20-14(17-11)12-5-4-6-21-12;;/h4-6,8H,7,9-10,16H2,1-3H3;2*1H. The zero-order chi connectivity index (χ0) is 15.5. The molecule has 2 aromatic heterocycles. The summed E-state index contributed by atoms with van der Waals surface area (Å²) in [6.45, 7) is 5.25. The molecule has 1 amide bonds. The molecule has 2 heterocycles. The van der Waals surface area contributed by atoms with Crippen molar-refractivity contribution in [2.75, 3.05) is 20.1 Å². The second kappa shape index (κ2) is 9.27. The predicted molar refractivity (Wildman–Crippen MR) is 98.5 cm³/mol. The Bertz CT molecular complexity index is 600. The van der Waals surface area contributed by atoms with Crippen LogP contribution in [0.5, 0.6) is 0 Å². The number of oxazole rings is 1. The van der Waals surface area contributed by atoms with Gasteiger partial charge in [-0.2, -0.15) is 0 Å². The molecule has 0 spiro atoms. The Labute approximate surface area is 153 Å². The summed E-state index contributed by atoms with van der Waals surface area (Å²) >= 11 is 1.56. The van der Waals surface area contributed by atoms with E-state index in [4.69, 9.17) is 10.2 Å². The lowest BCUT2D eigenvalue weighted by atomic mass is 9.93. The van der Waals surface area contributed by atoms with Crippen LogP contribution >= 0.6 is 36.2 Å². The fourth-order valence-electron chi connectivity index (χ4n) is 1.99. The number of carbonyl (C=O) groups is 1. The molecule has 0 saturated heterocycles. The van der Waals surface area contributed by atoms with Crippen molar-refractivity contribution >= 4 is 42.1 Å². The Balaban J connectivity index is 0.00000242. The molecule has 0 aromatic carbocycles. The first-order valence-corrected chi connectivity index (χ1v) is 7.71. The molecule has 2 N–H and O–H groups in total. The maximum atomic E-state index is 12.2. The molecule has 8 heteroatoms. The summed E-state index contributed by atoms with van der Waals surface area (Å²) in [6, 6.07) is 3.88. The summed E-state index contributed by atoms with van der Waals surface area (Å²) in [6.07, 6.45) is 1.79. The Morgan fingerprint density at radius 2 is 2.13 bits per heavy atom. The molecule has 0 aliphatic carbocycles. The molecule has 0 unspecified atom stereocenters.